The molecule has 0 saturated carbocycles. The van der Waals surface area contributed by atoms with E-state index in [0.29, 0.717) is 17.8 Å². The Kier molecular flexibility index (Phi) is 5.72. The number of anilines is 1. The third-order valence-corrected chi connectivity index (χ3v) is 6.08. The second-order valence-electron chi connectivity index (χ2n) is 7.38. The van der Waals surface area contributed by atoms with Gasteiger partial charge in [0.15, 0.2) is 0 Å². The van der Waals surface area contributed by atoms with Gasteiger partial charge in [-0.05, 0) is 42.0 Å². The largest absolute Gasteiger partial charge is 0.319 e. The molecule has 1 N–H and O–H groups in total. The molecular formula is C25H21N5OS. The van der Waals surface area contributed by atoms with E-state index in [0.717, 1.165) is 22.0 Å². The van der Waals surface area contributed by atoms with Crippen LogP contribution in [0.1, 0.15) is 21.6 Å². The summed E-state index contributed by atoms with van der Waals surface area (Å²) in [7, 11) is 0. The molecule has 32 heavy (non-hydrogen) atoms. The average molecular weight is 440 g/mol. The van der Waals surface area contributed by atoms with Crippen LogP contribution in [-0.4, -0.2) is 25.1 Å². The fraction of sp³-hybridized carbons (Fsp3) is 0.0800. The van der Waals surface area contributed by atoms with Crippen LogP contribution in [0.3, 0.4) is 0 Å². The Bertz CT molecular complexity index is 1310. The SMILES string of the molecule is O=C(Nc1cnn(Cc2cn3ccccc3n2)c1)c1ccc(SCc2ccccc2)cc1. The third kappa shape index (κ3) is 4.73. The number of hydrogen-bond donors (Lipinski definition) is 1. The fourth-order valence-corrected chi connectivity index (χ4v) is 4.24. The van der Waals surface area contributed by atoms with Gasteiger partial charge >= 0.3 is 0 Å². The van der Waals surface area contributed by atoms with E-state index in [1.165, 1.54) is 5.56 Å². The molecule has 0 bridgehead atoms. The molecule has 0 fully saturated rings. The first-order chi connectivity index (χ1) is 15.7. The Morgan fingerprint density at radius 1 is 0.938 bits per heavy atom. The molecule has 0 aliphatic carbocycles. The van der Waals surface area contributed by atoms with E-state index in [2.05, 4.69) is 27.5 Å². The number of carbonyl (C=O) groups is 1. The summed E-state index contributed by atoms with van der Waals surface area (Å²) in [6, 6.07) is 23.9. The van der Waals surface area contributed by atoms with Crippen molar-refractivity contribution in [2.24, 2.45) is 0 Å². The zero-order valence-corrected chi connectivity index (χ0v) is 18.1. The van der Waals surface area contributed by atoms with Crippen molar-refractivity contribution in [3.05, 3.63) is 114 Å². The van der Waals surface area contributed by atoms with Crippen molar-refractivity contribution in [2.45, 2.75) is 17.2 Å². The highest BCUT2D eigenvalue weighted by Crippen LogP contribution is 2.23. The first kappa shape index (κ1) is 20.1. The van der Waals surface area contributed by atoms with Crippen molar-refractivity contribution >= 4 is 29.0 Å². The summed E-state index contributed by atoms with van der Waals surface area (Å²) in [5.74, 6) is 0.745. The van der Waals surface area contributed by atoms with Gasteiger partial charge < -0.3 is 9.72 Å². The lowest BCUT2D eigenvalue weighted by Crippen LogP contribution is -2.11. The summed E-state index contributed by atoms with van der Waals surface area (Å²) in [5, 5.41) is 7.26. The van der Waals surface area contributed by atoms with E-state index < -0.39 is 0 Å². The molecule has 0 atom stereocenters. The van der Waals surface area contributed by atoms with Crippen molar-refractivity contribution in [3.8, 4) is 0 Å². The Morgan fingerprint density at radius 3 is 2.56 bits per heavy atom. The number of amides is 1. The van der Waals surface area contributed by atoms with Gasteiger partial charge in [-0.3, -0.25) is 9.48 Å². The standard InChI is InChI=1S/C25H21N5OS/c31-25(20-9-11-23(12-10-20)32-18-19-6-2-1-3-7-19)28-21-14-26-30(16-21)17-22-15-29-13-5-4-8-24(29)27-22/h1-16H,17-18H2,(H,28,31). The Morgan fingerprint density at radius 2 is 1.75 bits per heavy atom. The Balaban J connectivity index is 1.18. The molecule has 5 aromatic rings. The molecule has 0 aliphatic heterocycles. The molecule has 1 amide bonds. The molecule has 0 spiro atoms. The second-order valence-corrected chi connectivity index (χ2v) is 8.43. The number of rotatable bonds is 7. The molecule has 7 heteroatoms. The lowest BCUT2D eigenvalue weighted by molar-refractivity contribution is 0.102. The van der Waals surface area contributed by atoms with E-state index in [4.69, 9.17) is 0 Å². The highest BCUT2D eigenvalue weighted by molar-refractivity contribution is 7.98. The Labute approximate surface area is 189 Å². The van der Waals surface area contributed by atoms with Crippen molar-refractivity contribution in [2.75, 3.05) is 5.32 Å². The molecule has 3 heterocycles. The highest BCUT2D eigenvalue weighted by atomic mass is 32.2. The molecule has 5 rings (SSSR count). The minimum atomic E-state index is -0.156. The van der Waals surface area contributed by atoms with Gasteiger partial charge in [0, 0.05) is 34.8 Å². The van der Waals surface area contributed by atoms with Gasteiger partial charge in [-0.15, -0.1) is 11.8 Å². The van der Waals surface area contributed by atoms with E-state index in [-0.39, 0.29) is 5.91 Å². The number of nitrogens with zero attached hydrogens (tertiary/aromatic N) is 4. The number of aromatic nitrogens is 4. The van der Waals surface area contributed by atoms with Gasteiger partial charge in [-0.2, -0.15) is 5.10 Å². The molecule has 0 unspecified atom stereocenters. The van der Waals surface area contributed by atoms with Crippen LogP contribution < -0.4 is 5.32 Å². The number of pyridine rings is 1. The van der Waals surface area contributed by atoms with Crippen LogP contribution in [-0.2, 0) is 12.3 Å². The number of carbonyl (C=O) groups excluding carboxylic acids is 1. The smallest absolute Gasteiger partial charge is 0.255 e. The molecular weight excluding hydrogens is 418 g/mol. The lowest BCUT2D eigenvalue weighted by Gasteiger charge is -2.05. The number of fused-ring (bicyclic) bond motifs is 1. The van der Waals surface area contributed by atoms with Crippen LogP contribution in [0.2, 0.25) is 0 Å². The first-order valence-electron chi connectivity index (χ1n) is 10.3. The predicted molar refractivity (Wildman–Crippen MR) is 127 cm³/mol. The van der Waals surface area contributed by atoms with Crippen LogP contribution in [0.5, 0.6) is 0 Å². The van der Waals surface area contributed by atoms with Crippen molar-refractivity contribution in [3.63, 3.8) is 0 Å². The summed E-state index contributed by atoms with van der Waals surface area (Å²) in [4.78, 5) is 18.3. The number of hydrogen-bond acceptors (Lipinski definition) is 4. The van der Waals surface area contributed by atoms with E-state index in [1.54, 1.807) is 22.6 Å². The van der Waals surface area contributed by atoms with Crippen molar-refractivity contribution in [1.82, 2.24) is 19.2 Å². The highest BCUT2D eigenvalue weighted by Gasteiger charge is 2.09. The van der Waals surface area contributed by atoms with Crippen LogP contribution >= 0.6 is 11.8 Å². The van der Waals surface area contributed by atoms with Crippen molar-refractivity contribution < 1.29 is 4.79 Å². The zero-order chi connectivity index (χ0) is 21.8. The average Bonchev–Trinajstić information content (AvgIpc) is 3.45. The molecule has 0 radical (unpaired) electrons. The minimum absolute atomic E-state index is 0.156. The molecule has 0 saturated heterocycles. The summed E-state index contributed by atoms with van der Waals surface area (Å²) in [6.07, 6.45) is 7.41. The summed E-state index contributed by atoms with van der Waals surface area (Å²) >= 11 is 1.75. The first-order valence-corrected chi connectivity index (χ1v) is 11.2. The van der Waals surface area contributed by atoms with Gasteiger partial charge in [0.05, 0.1) is 24.1 Å². The number of benzene rings is 2. The van der Waals surface area contributed by atoms with Gasteiger partial charge in [0.1, 0.15) is 5.65 Å². The fourth-order valence-electron chi connectivity index (χ4n) is 3.39. The third-order valence-electron chi connectivity index (χ3n) is 4.99. The molecule has 3 aromatic heterocycles. The molecule has 2 aromatic carbocycles. The normalized spacial score (nSPS) is 11.0. The maximum Gasteiger partial charge on any atom is 0.255 e. The van der Waals surface area contributed by atoms with Crippen molar-refractivity contribution in [1.29, 1.82) is 0 Å². The molecule has 0 aliphatic rings. The molecule has 6 nitrogen and oxygen atoms in total. The monoisotopic (exact) mass is 439 g/mol. The minimum Gasteiger partial charge on any atom is -0.319 e. The zero-order valence-electron chi connectivity index (χ0n) is 17.3. The van der Waals surface area contributed by atoms with Gasteiger partial charge in [-0.1, -0.05) is 36.4 Å². The van der Waals surface area contributed by atoms with Gasteiger partial charge in [-0.25, -0.2) is 4.98 Å². The van der Waals surface area contributed by atoms with Crippen LogP contribution in [0.15, 0.2) is 102 Å². The topological polar surface area (TPSA) is 64.2 Å². The van der Waals surface area contributed by atoms with Crippen LogP contribution in [0.4, 0.5) is 5.69 Å². The summed E-state index contributed by atoms with van der Waals surface area (Å²) in [5.41, 5.74) is 4.35. The van der Waals surface area contributed by atoms with Gasteiger partial charge in [0.25, 0.3) is 5.91 Å². The quantitative estimate of drug-likeness (QED) is 0.357. The molecule has 158 valence electrons. The van der Waals surface area contributed by atoms with E-state index in [1.807, 2.05) is 83.7 Å². The summed E-state index contributed by atoms with van der Waals surface area (Å²) in [6.45, 7) is 0.533. The van der Waals surface area contributed by atoms with E-state index >= 15 is 0 Å². The van der Waals surface area contributed by atoms with Crippen LogP contribution in [0, 0.1) is 0 Å². The number of nitrogens with one attached hydrogen (secondary N) is 1. The predicted octanol–water partition coefficient (Wildman–Crippen LogP) is 5.12. The maximum absolute atomic E-state index is 12.6. The van der Waals surface area contributed by atoms with E-state index in [9.17, 15) is 4.79 Å². The summed E-state index contributed by atoms with van der Waals surface area (Å²) < 4.78 is 3.74. The van der Waals surface area contributed by atoms with Gasteiger partial charge in [0.2, 0.25) is 0 Å². The van der Waals surface area contributed by atoms with Crippen LogP contribution in [0.25, 0.3) is 5.65 Å². The lowest BCUT2D eigenvalue weighted by atomic mass is 10.2. The Hall–Kier alpha value is -3.84. The second kappa shape index (κ2) is 9.11. The maximum atomic E-state index is 12.6. The number of imidazole rings is 1. The number of thioether (sulfide) groups is 1.